The molecule has 0 saturated carbocycles. The van der Waals surface area contributed by atoms with E-state index >= 15 is 0 Å². The number of aromatic nitrogens is 3. The van der Waals surface area contributed by atoms with Crippen LogP contribution in [0.25, 0.3) is 0 Å². The lowest BCUT2D eigenvalue weighted by Crippen LogP contribution is -2.19. The van der Waals surface area contributed by atoms with Gasteiger partial charge in [-0.3, -0.25) is 0 Å². The first-order chi connectivity index (χ1) is 17.9. The quantitative estimate of drug-likeness (QED) is 0.290. The largest absolute Gasteiger partial charge is 0.497 e. The Morgan fingerprint density at radius 3 is 2.19 bits per heavy atom. The van der Waals surface area contributed by atoms with Gasteiger partial charge in [0.2, 0.25) is 11.9 Å². The normalized spacial score (nSPS) is 11.5. The molecule has 1 unspecified atom stereocenters. The molecule has 0 amide bonds. The fourth-order valence-corrected chi connectivity index (χ4v) is 4.02. The minimum absolute atomic E-state index is 0.309. The molecule has 3 aromatic carbocycles. The molecule has 4 aromatic rings. The number of nitrogens with zero attached hydrogens (tertiary/aromatic N) is 4. The molecule has 0 radical (unpaired) electrons. The van der Waals surface area contributed by atoms with Gasteiger partial charge >= 0.3 is 0 Å². The first-order valence-corrected chi connectivity index (χ1v) is 12.2. The third-order valence-electron chi connectivity index (χ3n) is 6.01. The van der Waals surface area contributed by atoms with Gasteiger partial charge in [-0.15, -0.1) is 0 Å². The molecule has 37 heavy (non-hydrogen) atoms. The summed E-state index contributed by atoms with van der Waals surface area (Å²) in [5.74, 6) is 3.82. The van der Waals surface area contributed by atoms with Crippen LogP contribution in [0.1, 0.15) is 35.5 Å². The third-order valence-corrected chi connectivity index (χ3v) is 6.01. The average molecular weight is 500 g/mol. The summed E-state index contributed by atoms with van der Waals surface area (Å²) in [7, 11) is 5.23. The number of nitrogens with one attached hydrogen (secondary N) is 1. The second kappa shape index (κ2) is 11.6. The third kappa shape index (κ3) is 6.09. The molecule has 8 heteroatoms. The molecule has 0 bridgehead atoms. The summed E-state index contributed by atoms with van der Waals surface area (Å²) in [6.45, 7) is 6.50. The van der Waals surface area contributed by atoms with Gasteiger partial charge < -0.3 is 24.4 Å². The van der Waals surface area contributed by atoms with Crippen LogP contribution in [0.15, 0.2) is 66.7 Å². The summed E-state index contributed by atoms with van der Waals surface area (Å²) in [6.07, 6.45) is 0. The molecular weight excluding hydrogens is 466 g/mol. The van der Waals surface area contributed by atoms with Crippen LogP contribution in [0.3, 0.4) is 0 Å². The van der Waals surface area contributed by atoms with Gasteiger partial charge in [0.25, 0.3) is 0 Å². The molecule has 8 nitrogen and oxygen atoms in total. The van der Waals surface area contributed by atoms with Crippen molar-refractivity contribution in [2.75, 3.05) is 38.1 Å². The lowest BCUT2D eigenvalue weighted by atomic mass is 9.97. The number of methoxy groups -OCH3 is 2. The summed E-state index contributed by atoms with van der Waals surface area (Å²) in [4.78, 5) is 15.9. The molecule has 0 aliphatic carbocycles. The van der Waals surface area contributed by atoms with Gasteiger partial charge in [0, 0.05) is 24.4 Å². The predicted octanol–water partition coefficient (Wildman–Crippen LogP) is 5.87. The molecular formula is C29H33N5O3. The van der Waals surface area contributed by atoms with E-state index in [-0.39, 0.29) is 6.04 Å². The van der Waals surface area contributed by atoms with Gasteiger partial charge in [0.05, 0.1) is 26.9 Å². The SMILES string of the molecule is CCOc1ccc(C(Nc2nc(C)nc(N(C)c3ccc(C)cc3)n2)c2ccc(OC)cc2OC)cc1. The summed E-state index contributed by atoms with van der Waals surface area (Å²) in [5.41, 5.74) is 4.09. The Labute approximate surface area is 218 Å². The fourth-order valence-electron chi connectivity index (χ4n) is 4.02. The van der Waals surface area contributed by atoms with Gasteiger partial charge in [-0.25, -0.2) is 0 Å². The van der Waals surface area contributed by atoms with Crippen molar-refractivity contribution in [3.63, 3.8) is 0 Å². The second-order valence-electron chi connectivity index (χ2n) is 8.59. The summed E-state index contributed by atoms with van der Waals surface area (Å²) >= 11 is 0. The Morgan fingerprint density at radius 1 is 0.838 bits per heavy atom. The van der Waals surface area contributed by atoms with Crippen LogP contribution in [0.2, 0.25) is 0 Å². The van der Waals surface area contributed by atoms with Gasteiger partial charge in [-0.1, -0.05) is 29.8 Å². The van der Waals surface area contributed by atoms with Crippen molar-refractivity contribution in [2.45, 2.75) is 26.8 Å². The molecule has 1 aromatic heterocycles. The smallest absolute Gasteiger partial charge is 0.234 e. The van der Waals surface area contributed by atoms with Crippen molar-refractivity contribution < 1.29 is 14.2 Å². The van der Waals surface area contributed by atoms with Crippen molar-refractivity contribution in [1.29, 1.82) is 0 Å². The van der Waals surface area contributed by atoms with Crippen LogP contribution >= 0.6 is 0 Å². The van der Waals surface area contributed by atoms with Crippen LogP contribution in [-0.2, 0) is 0 Å². The van der Waals surface area contributed by atoms with Gasteiger partial charge in [-0.05, 0) is 62.7 Å². The summed E-state index contributed by atoms with van der Waals surface area (Å²) in [6, 6.07) is 21.7. The Balaban J connectivity index is 1.74. The molecule has 4 rings (SSSR count). The maximum Gasteiger partial charge on any atom is 0.234 e. The van der Waals surface area contributed by atoms with Crippen molar-refractivity contribution in [1.82, 2.24) is 15.0 Å². The molecule has 1 atom stereocenters. The minimum atomic E-state index is -0.309. The van der Waals surface area contributed by atoms with Gasteiger partial charge in [0.1, 0.15) is 23.1 Å². The van der Waals surface area contributed by atoms with Crippen molar-refractivity contribution >= 4 is 17.6 Å². The van der Waals surface area contributed by atoms with Crippen LogP contribution in [-0.4, -0.2) is 42.8 Å². The molecule has 0 spiro atoms. The van der Waals surface area contributed by atoms with Crippen molar-refractivity contribution in [3.05, 3.63) is 89.2 Å². The molecule has 1 N–H and O–H groups in total. The van der Waals surface area contributed by atoms with Crippen molar-refractivity contribution in [3.8, 4) is 17.2 Å². The predicted molar refractivity (Wildman–Crippen MR) is 146 cm³/mol. The zero-order chi connectivity index (χ0) is 26.4. The topological polar surface area (TPSA) is 81.6 Å². The highest BCUT2D eigenvalue weighted by Crippen LogP contribution is 2.36. The Bertz CT molecular complexity index is 1330. The van der Waals surface area contributed by atoms with Crippen LogP contribution in [0.5, 0.6) is 17.2 Å². The van der Waals surface area contributed by atoms with Gasteiger partial charge in [0.15, 0.2) is 0 Å². The number of benzene rings is 3. The highest BCUT2D eigenvalue weighted by atomic mass is 16.5. The van der Waals surface area contributed by atoms with E-state index in [1.807, 2.05) is 80.4 Å². The zero-order valence-electron chi connectivity index (χ0n) is 22.1. The van der Waals surface area contributed by atoms with E-state index < -0.39 is 0 Å². The van der Waals surface area contributed by atoms with Gasteiger partial charge in [-0.2, -0.15) is 15.0 Å². The standard InChI is InChI=1S/C29H33N5O3/c1-7-37-23-14-10-21(11-15-23)27(25-17-16-24(35-5)18-26(25)36-6)32-28-30-20(3)31-29(33-28)34(4)22-12-8-19(2)9-13-22/h8-18,27H,7H2,1-6H3,(H,30,31,32,33). The highest BCUT2D eigenvalue weighted by molar-refractivity contribution is 5.58. The van der Waals surface area contributed by atoms with E-state index in [0.717, 1.165) is 22.6 Å². The zero-order valence-corrected chi connectivity index (χ0v) is 22.1. The molecule has 0 aliphatic rings. The summed E-state index contributed by atoms with van der Waals surface area (Å²) < 4.78 is 16.8. The van der Waals surface area contributed by atoms with Crippen molar-refractivity contribution in [2.24, 2.45) is 0 Å². The first kappa shape index (κ1) is 25.8. The summed E-state index contributed by atoms with van der Waals surface area (Å²) in [5, 5.41) is 3.52. The fraction of sp³-hybridized carbons (Fsp3) is 0.276. The Hall–Kier alpha value is -4.33. The number of rotatable bonds is 10. The Kier molecular flexibility index (Phi) is 8.08. The number of ether oxygens (including phenoxy) is 3. The van der Waals surface area contributed by atoms with E-state index in [4.69, 9.17) is 19.2 Å². The molecule has 1 heterocycles. The maximum atomic E-state index is 5.74. The van der Waals surface area contributed by atoms with Crippen LogP contribution in [0, 0.1) is 13.8 Å². The lowest BCUT2D eigenvalue weighted by Gasteiger charge is -2.24. The van der Waals surface area contributed by atoms with E-state index in [1.54, 1.807) is 14.2 Å². The monoisotopic (exact) mass is 499 g/mol. The number of aryl methyl sites for hydroxylation is 2. The average Bonchev–Trinajstić information content (AvgIpc) is 2.92. The van der Waals surface area contributed by atoms with E-state index in [0.29, 0.717) is 35.8 Å². The first-order valence-electron chi connectivity index (χ1n) is 12.2. The second-order valence-corrected chi connectivity index (χ2v) is 8.59. The van der Waals surface area contributed by atoms with E-state index in [2.05, 4.69) is 34.3 Å². The number of hydrogen-bond acceptors (Lipinski definition) is 8. The molecule has 0 fully saturated rings. The maximum absolute atomic E-state index is 5.74. The number of anilines is 3. The Morgan fingerprint density at radius 2 is 1.54 bits per heavy atom. The number of hydrogen-bond donors (Lipinski definition) is 1. The van der Waals surface area contributed by atoms with E-state index in [9.17, 15) is 0 Å². The van der Waals surface area contributed by atoms with Crippen LogP contribution in [0.4, 0.5) is 17.6 Å². The van der Waals surface area contributed by atoms with E-state index in [1.165, 1.54) is 5.56 Å². The molecule has 192 valence electrons. The van der Waals surface area contributed by atoms with Crippen LogP contribution < -0.4 is 24.4 Å². The highest BCUT2D eigenvalue weighted by Gasteiger charge is 2.22. The minimum Gasteiger partial charge on any atom is -0.497 e. The molecule has 0 saturated heterocycles. The lowest BCUT2D eigenvalue weighted by molar-refractivity contribution is 0.340. The molecule has 0 aliphatic heterocycles.